The van der Waals surface area contributed by atoms with Crippen molar-refractivity contribution in [2.24, 2.45) is 0 Å². The summed E-state index contributed by atoms with van der Waals surface area (Å²) in [6.45, 7) is 3.79. The molecule has 0 spiro atoms. The van der Waals surface area contributed by atoms with Crippen molar-refractivity contribution < 1.29 is 14.7 Å². The van der Waals surface area contributed by atoms with Gasteiger partial charge in [0.25, 0.3) is 5.91 Å². The molecule has 0 fully saturated rings. The summed E-state index contributed by atoms with van der Waals surface area (Å²) in [5.41, 5.74) is 2.81. The minimum absolute atomic E-state index is 0.293. The van der Waals surface area contributed by atoms with Crippen molar-refractivity contribution in [3.63, 3.8) is 0 Å². The van der Waals surface area contributed by atoms with Gasteiger partial charge in [0.15, 0.2) is 0 Å². The number of benzene rings is 1. The molecule has 2 aromatic rings. The number of carboxylic acid groups (broad SMARTS) is 1. The molecule has 1 amide bonds. The Morgan fingerprint density at radius 1 is 1.13 bits per heavy atom. The van der Waals surface area contributed by atoms with Gasteiger partial charge in [-0.05, 0) is 25.5 Å². The summed E-state index contributed by atoms with van der Waals surface area (Å²) in [4.78, 5) is 29.3. The molecule has 5 heteroatoms. The second-order valence-corrected chi connectivity index (χ2v) is 5.32. The van der Waals surface area contributed by atoms with Gasteiger partial charge in [-0.1, -0.05) is 37.3 Å². The third kappa shape index (κ3) is 4.16. The Kier molecular flexibility index (Phi) is 5.46. The maximum atomic E-state index is 12.6. The number of hydrogen-bond acceptors (Lipinski definition) is 3. The largest absolute Gasteiger partial charge is 0.480 e. The van der Waals surface area contributed by atoms with Gasteiger partial charge < -0.3 is 10.0 Å². The van der Waals surface area contributed by atoms with Crippen molar-refractivity contribution in [3.8, 4) is 11.3 Å². The second kappa shape index (κ2) is 7.54. The van der Waals surface area contributed by atoms with Gasteiger partial charge in [0.2, 0.25) is 0 Å². The lowest BCUT2D eigenvalue weighted by atomic mass is 10.1. The number of rotatable bonds is 6. The van der Waals surface area contributed by atoms with Crippen molar-refractivity contribution in [3.05, 3.63) is 53.7 Å². The molecule has 1 heterocycles. The van der Waals surface area contributed by atoms with E-state index in [1.54, 1.807) is 19.1 Å². The van der Waals surface area contributed by atoms with Crippen LogP contribution in [0.5, 0.6) is 0 Å². The number of carbonyl (C=O) groups excluding carboxylic acids is 1. The first kappa shape index (κ1) is 16.7. The van der Waals surface area contributed by atoms with Gasteiger partial charge in [0, 0.05) is 12.1 Å². The summed E-state index contributed by atoms with van der Waals surface area (Å²) in [7, 11) is 0. The van der Waals surface area contributed by atoms with Gasteiger partial charge >= 0.3 is 5.97 Å². The lowest BCUT2D eigenvalue weighted by Gasteiger charge is -2.20. The molecule has 0 aliphatic heterocycles. The first-order valence-electron chi connectivity index (χ1n) is 7.57. The van der Waals surface area contributed by atoms with Crippen LogP contribution < -0.4 is 0 Å². The summed E-state index contributed by atoms with van der Waals surface area (Å²) in [6.07, 6.45) is 0.702. The van der Waals surface area contributed by atoms with Gasteiger partial charge in [-0.2, -0.15) is 0 Å². The summed E-state index contributed by atoms with van der Waals surface area (Å²) < 4.78 is 0. The Morgan fingerprint density at radius 2 is 1.83 bits per heavy atom. The molecule has 5 nitrogen and oxygen atoms in total. The van der Waals surface area contributed by atoms with E-state index in [4.69, 9.17) is 5.11 Å². The van der Waals surface area contributed by atoms with Crippen LogP contribution >= 0.6 is 0 Å². The number of amides is 1. The van der Waals surface area contributed by atoms with Gasteiger partial charge in [-0.25, -0.2) is 0 Å². The van der Waals surface area contributed by atoms with Crippen molar-refractivity contribution in [2.45, 2.75) is 20.3 Å². The third-order valence-electron chi connectivity index (χ3n) is 3.49. The monoisotopic (exact) mass is 312 g/mol. The highest BCUT2D eigenvalue weighted by Crippen LogP contribution is 2.19. The van der Waals surface area contributed by atoms with Crippen LogP contribution in [0.15, 0.2) is 42.5 Å². The van der Waals surface area contributed by atoms with Crippen molar-refractivity contribution in [1.82, 2.24) is 9.88 Å². The van der Waals surface area contributed by atoms with E-state index in [1.807, 2.05) is 37.3 Å². The third-order valence-corrected chi connectivity index (χ3v) is 3.49. The molecule has 0 saturated carbocycles. The first-order chi connectivity index (χ1) is 11.0. The number of carbonyl (C=O) groups is 2. The number of aliphatic carboxylic acids is 1. The number of pyridine rings is 1. The van der Waals surface area contributed by atoms with E-state index in [0.717, 1.165) is 11.3 Å². The molecular formula is C18H20N2O3. The van der Waals surface area contributed by atoms with Crippen LogP contribution in [0, 0.1) is 6.92 Å². The average molecular weight is 312 g/mol. The lowest BCUT2D eigenvalue weighted by Crippen LogP contribution is -2.36. The Bertz CT molecular complexity index is 699. The Morgan fingerprint density at radius 3 is 2.39 bits per heavy atom. The number of hydrogen-bond donors (Lipinski definition) is 1. The fraction of sp³-hybridized carbons (Fsp3) is 0.278. The van der Waals surface area contributed by atoms with Gasteiger partial charge in [-0.15, -0.1) is 0 Å². The molecular weight excluding hydrogens is 292 g/mol. The molecule has 0 radical (unpaired) electrons. The van der Waals surface area contributed by atoms with E-state index in [0.29, 0.717) is 24.2 Å². The predicted molar refractivity (Wildman–Crippen MR) is 88.2 cm³/mol. The van der Waals surface area contributed by atoms with E-state index in [-0.39, 0.29) is 12.5 Å². The zero-order valence-corrected chi connectivity index (χ0v) is 13.3. The smallest absolute Gasteiger partial charge is 0.323 e. The lowest BCUT2D eigenvalue weighted by molar-refractivity contribution is -0.137. The van der Waals surface area contributed by atoms with Crippen LogP contribution in [-0.2, 0) is 4.79 Å². The fourth-order valence-corrected chi connectivity index (χ4v) is 2.41. The highest BCUT2D eigenvalue weighted by molar-refractivity contribution is 5.97. The van der Waals surface area contributed by atoms with Crippen LogP contribution in [0.25, 0.3) is 11.3 Å². The Balaban J connectivity index is 2.29. The standard InChI is InChI=1S/C18H20N2O3/c1-3-11-20(12-17(21)22)18(23)15-9-10-16(19-13(15)2)14-7-5-4-6-8-14/h4-10H,3,11-12H2,1-2H3,(H,21,22). The zero-order chi connectivity index (χ0) is 16.8. The summed E-state index contributed by atoms with van der Waals surface area (Å²) in [6, 6.07) is 13.2. The SMILES string of the molecule is CCCN(CC(=O)O)C(=O)c1ccc(-c2ccccc2)nc1C. The Hall–Kier alpha value is -2.69. The molecule has 1 aromatic carbocycles. The number of carboxylic acids is 1. The van der Waals surface area contributed by atoms with E-state index in [1.165, 1.54) is 4.90 Å². The fourth-order valence-electron chi connectivity index (χ4n) is 2.41. The molecule has 1 N–H and O–H groups in total. The first-order valence-corrected chi connectivity index (χ1v) is 7.57. The topological polar surface area (TPSA) is 70.5 Å². The predicted octanol–water partition coefficient (Wildman–Crippen LogP) is 2.99. The number of aryl methyl sites for hydroxylation is 1. The van der Waals surface area contributed by atoms with Gasteiger partial charge in [0.1, 0.15) is 6.54 Å². The van der Waals surface area contributed by atoms with Crippen LogP contribution in [0.1, 0.15) is 29.4 Å². The van der Waals surface area contributed by atoms with Crippen LogP contribution in [-0.4, -0.2) is 40.0 Å². The quantitative estimate of drug-likeness (QED) is 0.890. The van der Waals surface area contributed by atoms with Crippen molar-refractivity contribution in [1.29, 1.82) is 0 Å². The molecule has 0 saturated heterocycles. The maximum absolute atomic E-state index is 12.6. The molecule has 0 unspecified atom stereocenters. The summed E-state index contributed by atoms with van der Waals surface area (Å²) >= 11 is 0. The highest BCUT2D eigenvalue weighted by Gasteiger charge is 2.20. The average Bonchev–Trinajstić information content (AvgIpc) is 2.54. The molecule has 0 atom stereocenters. The molecule has 0 bridgehead atoms. The number of aromatic nitrogens is 1. The van der Waals surface area contributed by atoms with Crippen molar-refractivity contribution >= 4 is 11.9 Å². The summed E-state index contributed by atoms with van der Waals surface area (Å²) in [5, 5.41) is 8.96. The normalized spacial score (nSPS) is 10.3. The van der Waals surface area contributed by atoms with E-state index < -0.39 is 5.97 Å². The van der Waals surface area contributed by atoms with Gasteiger partial charge in [-0.3, -0.25) is 14.6 Å². The minimum atomic E-state index is -1.02. The van der Waals surface area contributed by atoms with E-state index >= 15 is 0 Å². The van der Waals surface area contributed by atoms with E-state index in [2.05, 4.69) is 4.98 Å². The van der Waals surface area contributed by atoms with E-state index in [9.17, 15) is 9.59 Å². The molecule has 2 rings (SSSR count). The molecule has 23 heavy (non-hydrogen) atoms. The van der Waals surface area contributed by atoms with Crippen LogP contribution in [0.2, 0.25) is 0 Å². The molecule has 120 valence electrons. The zero-order valence-electron chi connectivity index (χ0n) is 13.3. The van der Waals surface area contributed by atoms with Crippen molar-refractivity contribution in [2.75, 3.05) is 13.1 Å². The second-order valence-electron chi connectivity index (χ2n) is 5.32. The molecule has 1 aromatic heterocycles. The molecule has 0 aliphatic carbocycles. The maximum Gasteiger partial charge on any atom is 0.323 e. The van der Waals surface area contributed by atoms with Crippen LogP contribution in [0.3, 0.4) is 0 Å². The van der Waals surface area contributed by atoms with Crippen LogP contribution in [0.4, 0.5) is 0 Å². The highest BCUT2D eigenvalue weighted by atomic mass is 16.4. The molecule has 0 aliphatic rings. The number of nitrogens with zero attached hydrogens (tertiary/aromatic N) is 2. The Labute approximate surface area is 135 Å². The summed E-state index contributed by atoms with van der Waals surface area (Å²) in [5.74, 6) is -1.31. The minimum Gasteiger partial charge on any atom is -0.480 e. The van der Waals surface area contributed by atoms with Gasteiger partial charge in [0.05, 0.1) is 17.0 Å².